The Bertz CT molecular complexity index is 363. The molecule has 1 fully saturated rings. The van der Waals surface area contributed by atoms with E-state index in [9.17, 15) is 4.79 Å². The fourth-order valence-electron chi connectivity index (χ4n) is 2.34. The van der Waals surface area contributed by atoms with E-state index in [4.69, 9.17) is 4.74 Å². The smallest absolute Gasteiger partial charge is 0.325 e. The molecule has 16 heavy (non-hydrogen) atoms. The number of carbonyl (C=O) groups excluding carboxylic acids is 1. The molecule has 3 nitrogen and oxygen atoms in total. The van der Waals surface area contributed by atoms with E-state index in [-0.39, 0.29) is 5.97 Å². The van der Waals surface area contributed by atoms with Crippen LogP contribution in [-0.4, -0.2) is 25.2 Å². The number of thiophene rings is 1. The highest BCUT2D eigenvalue weighted by Gasteiger charge is 2.39. The van der Waals surface area contributed by atoms with E-state index < -0.39 is 5.54 Å². The Labute approximate surface area is 99.8 Å². The lowest BCUT2D eigenvalue weighted by Crippen LogP contribution is -2.54. The van der Waals surface area contributed by atoms with Gasteiger partial charge in [0, 0.05) is 4.88 Å². The van der Waals surface area contributed by atoms with E-state index in [0.717, 1.165) is 19.4 Å². The van der Waals surface area contributed by atoms with Crippen LogP contribution in [0.5, 0.6) is 0 Å². The summed E-state index contributed by atoms with van der Waals surface area (Å²) in [7, 11) is 1.45. The highest BCUT2D eigenvalue weighted by molar-refractivity contribution is 7.10. The molecule has 2 atom stereocenters. The maximum Gasteiger partial charge on any atom is 0.325 e. The minimum Gasteiger partial charge on any atom is -0.468 e. The summed E-state index contributed by atoms with van der Waals surface area (Å²) >= 11 is 1.77. The molecule has 0 bridgehead atoms. The van der Waals surface area contributed by atoms with Gasteiger partial charge in [-0.3, -0.25) is 4.79 Å². The van der Waals surface area contributed by atoms with Crippen LogP contribution in [0.1, 0.15) is 30.6 Å². The summed E-state index contributed by atoms with van der Waals surface area (Å²) in [6, 6.07) is 4.22. The van der Waals surface area contributed by atoms with Crippen LogP contribution < -0.4 is 5.32 Å². The highest BCUT2D eigenvalue weighted by Crippen LogP contribution is 2.35. The van der Waals surface area contributed by atoms with E-state index in [0.29, 0.717) is 5.92 Å². The Balaban J connectivity index is 2.12. The van der Waals surface area contributed by atoms with Gasteiger partial charge in [-0.1, -0.05) is 6.07 Å². The molecule has 1 N–H and O–H groups in total. The molecule has 1 aromatic rings. The van der Waals surface area contributed by atoms with Gasteiger partial charge in [0.2, 0.25) is 0 Å². The summed E-state index contributed by atoms with van der Waals surface area (Å²) in [5.41, 5.74) is -0.526. The summed E-state index contributed by atoms with van der Waals surface area (Å²) < 4.78 is 4.86. The molecule has 1 aromatic heterocycles. The standard InChI is InChI=1S/C12H17NO2S/c1-12(11(14)15-2)8-9(5-6-13-12)10-4-3-7-16-10/h3-4,7,9,13H,5-6,8H2,1-2H3. The van der Waals surface area contributed by atoms with Crippen molar-refractivity contribution in [3.05, 3.63) is 22.4 Å². The van der Waals surface area contributed by atoms with Gasteiger partial charge in [0.15, 0.2) is 0 Å². The third kappa shape index (κ3) is 2.13. The van der Waals surface area contributed by atoms with Gasteiger partial charge in [-0.2, -0.15) is 0 Å². The zero-order valence-electron chi connectivity index (χ0n) is 9.66. The fourth-order valence-corrected chi connectivity index (χ4v) is 3.20. The number of ether oxygens (including phenoxy) is 1. The predicted octanol–water partition coefficient (Wildman–Crippen LogP) is 2.15. The number of piperidine rings is 1. The van der Waals surface area contributed by atoms with Gasteiger partial charge >= 0.3 is 5.97 Å². The molecule has 0 amide bonds. The van der Waals surface area contributed by atoms with Crippen LogP contribution in [0.3, 0.4) is 0 Å². The van der Waals surface area contributed by atoms with E-state index in [1.165, 1.54) is 12.0 Å². The highest BCUT2D eigenvalue weighted by atomic mass is 32.1. The minimum atomic E-state index is -0.526. The van der Waals surface area contributed by atoms with Crippen molar-refractivity contribution in [3.8, 4) is 0 Å². The first-order chi connectivity index (χ1) is 7.65. The molecule has 1 saturated heterocycles. The molecule has 2 rings (SSSR count). The topological polar surface area (TPSA) is 38.3 Å². The molecule has 1 aliphatic rings. The number of hydrogen-bond donors (Lipinski definition) is 1. The maximum atomic E-state index is 11.7. The van der Waals surface area contributed by atoms with Gasteiger partial charge in [-0.15, -0.1) is 11.3 Å². The van der Waals surface area contributed by atoms with Crippen molar-refractivity contribution in [2.75, 3.05) is 13.7 Å². The molecule has 0 aromatic carbocycles. The quantitative estimate of drug-likeness (QED) is 0.804. The summed E-state index contributed by atoms with van der Waals surface area (Å²) in [5, 5.41) is 5.36. The predicted molar refractivity (Wildman–Crippen MR) is 64.7 cm³/mol. The molecule has 0 spiro atoms. The lowest BCUT2D eigenvalue weighted by molar-refractivity contribution is -0.149. The van der Waals surface area contributed by atoms with Crippen molar-refractivity contribution in [2.24, 2.45) is 0 Å². The molecular formula is C12H17NO2S. The van der Waals surface area contributed by atoms with Crippen LogP contribution in [0.4, 0.5) is 0 Å². The van der Waals surface area contributed by atoms with Crippen LogP contribution >= 0.6 is 11.3 Å². The zero-order chi connectivity index (χ0) is 11.6. The average Bonchev–Trinajstić information content (AvgIpc) is 2.81. The van der Waals surface area contributed by atoms with Crippen LogP contribution in [0, 0.1) is 0 Å². The third-order valence-corrected chi connectivity index (χ3v) is 4.28. The normalized spacial score (nSPS) is 30.0. The first-order valence-corrected chi connectivity index (χ1v) is 6.40. The summed E-state index contributed by atoms with van der Waals surface area (Å²) in [5.74, 6) is 0.319. The van der Waals surface area contributed by atoms with Crippen molar-refractivity contribution < 1.29 is 9.53 Å². The number of carbonyl (C=O) groups is 1. The van der Waals surface area contributed by atoms with Gasteiger partial charge in [-0.05, 0) is 43.7 Å². The Morgan fingerprint density at radius 2 is 2.50 bits per heavy atom. The Morgan fingerprint density at radius 1 is 1.69 bits per heavy atom. The minimum absolute atomic E-state index is 0.159. The largest absolute Gasteiger partial charge is 0.468 e. The summed E-state index contributed by atoms with van der Waals surface area (Å²) in [6.07, 6.45) is 1.91. The van der Waals surface area contributed by atoms with Gasteiger partial charge in [0.25, 0.3) is 0 Å². The van der Waals surface area contributed by atoms with E-state index in [1.807, 2.05) is 6.92 Å². The van der Waals surface area contributed by atoms with Crippen molar-refractivity contribution in [2.45, 2.75) is 31.2 Å². The molecule has 0 aliphatic carbocycles. The molecular weight excluding hydrogens is 222 g/mol. The SMILES string of the molecule is COC(=O)C1(C)CC(c2cccs2)CCN1. The van der Waals surface area contributed by atoms with Crippen molar-refractivity contribution >= 4 is 17.3 Å². The molecule has 88 valence electrons. The third-order valence-electron chi connectivity index (χ3n) is 3.24. The first-order valence-electron chi connectivity index (χ1n) is 5.52. The van der Waals surface area contributed by atoms with Crippen LogP contribution in [0.25, 0.3) is 0 Å². The second kappa shape index (κ2) is 4.55. The van der Waals surface area contributed by atoms with Crippen molar-refractivity contribution in [3.63, 3.8) is 0 Å². The van der Waals surface area contributed by atoms with Crippen molar-refractivity contribution in [1.82, 2.24) is 5.32 Å². The number of esters is 1. The molecule has 1 aliphatic heterocycles. The monoisotopic (exact) mass is 239 g/mol. The first kappa shape index (κ1) is 11.6. The summed E-state index contributed by atoms with van der Waals surface area (Å²) in [6.45, 7) is 2.80. The van der Waals surface area contributed by atoms with Gasteiger partial charge in [0.1, 0.15) is 5.54 Å². The van der Waals surface area contributed by atoms with Gasteiger partial charge < -0.3 is 10.1 Å². The Morgan fingerprint density at radius 3 is 3.12 bits per heavy atom. The molecule has 0 saturated carbocycles. The van der Waals surface area contributed by atoms with Gasteiger partial charge in [-0.25, -0.2) is 0 Å². The Hall–Kier alpha value is -0.870. The Kier molecular flexibility index (Phi) is 3.30. The maximum absolute atomic E-state index is 11.7. The second-order valence-corrected chi connectivity index (χ2v) is 5.43. The van der Waals surface area contributed by atoms with Crippen LogP contribution in [0.15, 0.2) is 17.5 Å². The van der Waals surface area contributed by atoms with E-state index >= 15 is 0 Å². The number of hydrogen-bond acceptors (Lipinski definition) is 4. The zero-order valence-corrected chi connectivity index (χ0v) is 10.5. The number of methoxy groups -OCH3 is 1. The van der Waals surface area contributed by atoms with Crippen LogP contribution in [0.2, 0.25) is 0 Å². The molecule has 4 heteroatoms. The molecule has 2 unspecified atom stereocenters. The number of rotatable bonds is 2. The van der Waals surface area contributed by atoms with Crippen molar-refractivity contribution in [1.29, 1.82) is 0 Å². The number of nitrogens with one attached hydrogen (secondary N) is 1. The molecule has 0 radical (unpaired) electrons. The average molecular weight is 239 g/mol. The molecule has 2 heterocycles. The van der Waals surface area contributed by atoms with E-state index in [1.54, 1.807) is 11.3 Å². The lowest BCUT2D eigenvalue weighted by Gasteiger charge is -2.36. The summed E-state index contributed by atoms with van der Waals surface area (Å²) in [4.78, 5) is 13.1. The second-order valence-electron chi connectivity index (χ2n) is 4.46. The van der Waals surface area contributed by atoms with E-state index in [2.05, 4.69) is 22.8 Å². The van der Waals surface area contributed by atoms with Crippen LogP contribution in [-0.2, 0) is 9.53 Å². The lowest BCUT2D eigenvalue weighted by atomic mass is 9.82. The van der Waals surface area contributed by atoms with Gasteiger partial charge in [0.05, 0.1) is 7.11 Å². The fraction of sp³-hybridized carbons (Fsp3) is 0.583.